The molecular weight excluding hydrogens is 279 g/mol. The first-order valence-corrected chi connectivity index (χ1v) is 7.60. The lowest BCUT2D eigenvalue weighted by Crippen LogP contribution is -2.26. The predicted octanol–water partition coefficient (Wildman–Crippen LogP) is 3.55. The zero-order valence-electron chi connectivity index (χ0n) is 12.3. The van der Waals surface area contributed by atoms with E-state index >= 15 is 0 Å². The summed E-state index contributed by atoms with van der Waals surface area (Å²) in [5.74, 6) is -0.0110. The van der Waals surface area contributed by atoms with Gasteiger partial charge in [-0.1, -0.05) is 18.2 Å². The highest BCUT2D eigenvalue weighted by atomic mass is 19.1. The third-order valence-corrected chi connectivity index (χ3v) is 4.07. The molecule has 1 amide bonds. The first-order chi connectivity index (χ1) is 10.7. The molecule has 0 saturated carbocycles. The van der Waals surface area contributed by atoms with E-state index in [-0.39, 0.29) is 11.7 Å². The Morgan fingerprint density at radius 2 is 1.82 bits per heavy atom. The molecule has 0 atom stereocenters. The van der Waals surface area contributed by atoms with Crippen molar-refractivity contribution in [3.63, 3.8) is 0 Å². The standard InChI is InChI=1S/C18H19FN2O/c19-16-2-1-3-17(12-16)21-18(22)15-6-4-13(5-7-15)14-8-10-20-11-9-14/h1-7,12,14,20H,8-11H2,(H,21,22). The fourth-order valence-electron chi connectivity index (χ4n) is 2.83. The van der Waals surface area contributed by atoms with E-state index in [4.69, 9.17) is 0 Å². The van der Waals surface area contributed by atoms with Gasteiger partial charge >= 0.3 is 0 Å². The SMILES string of the molecule is O=C(Nc1cccc(F)c1)c1ccc(C2CCNCC2)cc1. The van der Waals surface area contributed by atoms with Gasteiger partial charge in [0.2, 0.25) is 0 Å². The second-order valence-corrected chi connectivity index (χ2v) is 5.61. The summed E-state index contributed by atoms with van der Waals surface area (Å²) in [5, 5.41) is 6.06. The fourth-order valence-corrected chi connectivity index (χ4v) is 2.83. The number of amides is 1. The number of carbonyl (C=O) groups is 1. The molecule has 2 aromatic carbocycles. The van der Waals surface area contributed by atoms with Gasteiger partial charge in [0.15, 0.2) is 0 Å². The Morgan fingerprint density at radius 3 is 2.50 bits per heavy atom. The lowest BCUT2D eigenvalue weighted by molar-refractivity contribution is 0.102. The molecule has 3 nitrogen and oxygen atoms in total. The number of nitrogens with one attached hydrogen (secondary N) is 2. The van der Waals surface area contributed by atoms with Gasteiger partial charge in [-0.2, -0.15) is 0 Å². The van der Waals surface area contributed by atoms with Gasteiger partial charge in [0, 0.05) is 11.3 Å². The summed E-state index contributed by atoms with van der Waals surface area (Å²) in [4.78, 5) is 12.2. The quantitative estimate of drug-likeness (QED) is 0.910. The van der Waals surface area contributed by atoms with Crippen LogP contribution in [0.25, 0.3) is 0 Å². The lowest BCUT2D eigenvalue weighted by atomic mass is 9.90. The van der Waals surface area contributed by atoms with Crippen LogP contribution in [-0.2, 0) is 0 Å². The molecule has 2 aromatic rings. The maximum Gasteiger partial charge on any atom is 0.255 e. The van der Waals surface area contributed by atoms with Gasteiger partial charge in [-0.15, -0.1) is 0 Å². The second-order valence-electron chi connectivity index (χ2n) is 5.61. The Balaban J connectivity index is 1.68. The van der Waals surface area contributed by atoms with E-state index < -0.39 is 0 Å². The highest BCUT2D eigenvalue weighted by Gasteiger charge is 2.15. The summed E-state index contributed by atoms with van der Waals surface area (Å²) >= 11 is 0. The number of carbonyl (C=O) groups excluding carboxylic acids is 1. The molecule has 0 unspecified atom stereocenters. The molecule has 0 radical (unpaired) electrons. The fraction of sp³-hybridized carbons (Fsp3) is 0.278. The van der Waals surface area contributed by atoms with Crippen LogP contribution in [0.3, 0.4) is 0 Å². The third-order valence-electron chi connectivity index (χ3n) is 4.07. The van der Waals surface area contributed by atoms with Crippen molar-refractivity contribution in [2.75, 3.05) is 18.4 Å². The minimum absolute atomic E-state index is 0.220. The minimum atomic E-state index is -0.362. The van der Waals surface area contributed by atoms with Gasteiger partial charge in [0.25, 0.3) is 5.91 Å². The molecule has 1 aliphatic rings. The molecule has 1 heterocycles. The Bertz CT molecular complexity index is 648. The average molecular weight is 298 g/mol. The maximum absolute atomic E-state index is 13.1. The van der Waals surface area contributed by atoms with Gasteiger partial charge in [-0.25, -0.2) is 4.39 Å². The van der Waals surface area contributed by atoms with Gasteiger partial charge in [-0.3, -0.25) is 4.79 Å². The van der Waals surface area contributed by atoms with E-state index in [2.05, 4.69) is 10.6 Å². The molecule has 114 valence electrons. The summed E-state index contributed by atoms with van der Waals surface area (Å²) in [6.45, 7) is 2.10. The average Bonchev–Trinajstić information content (AvgIpc) is 2.56. The number of halogens is 1. The van der Waals surface area contributed by atoms with Crippen LogP contribution in [0.2, 0.25) is 0 Å². The monoisotopic (exact) mass is 298 g/mol. The van der Waals surface area contributed by atoms with Crippen LogP contribution < -0.4 is 10.6 Å². The Hall–Kier alpha value is -2.20. The first-order valence-electron chi connectivity index (χ1n) is 7.60. The summed E-state index contributed by atoms with van der Waals surface area (Å²) in [7, 11) is 0. The van der Waals surface area contributed by atoms with Crippen LogP contribution in [-0.4, -0.2) is 19.0 Å². The zero-order valence-corrected chi connectivity index (χ0v) is 12.3. The molecule has 0 bridgehead atoms. The third kappa shape index (κ3) is 3.52. The van der Waals surface area contributed by atoms with Crippen molar-refractivity contribution in [1.29, 1.82) is 0 Å². The van der Waals surface area contributed by atoms with Gasteiger partial charge < -0.3 is 10.6 Å². The summed E-state index contributed by atoms with van der Waals surface area (Å²) in [5.41, 5.74) is 2.33. The molecule has 0 spiro atoms. The molecule has 3 rings (SSSR count). The van der Waals surface area contributed by atoms with E-state index in [0.29, 0.717) is 17.2 Å². The molecular formula is C18H19FN2O. The molecule has 22 heavy (non-hydrogen) atoms. The highest BCUT2D eigenvalue weighted by molar-refractivity contribution is 6.04. The molecule has 2 N–H and O–H groups in total. The highest BCUT2D eigenvalue weighted by Crippen LogP contribution is 2.25. The number of hydrogen-bond donors (Lipinski definition) is 2. The molecule has 0 aromatic heterocycles. The van der Waals surface area contributed by atoms with Gasteiger partial charge in [0.05, 0.1) is 0 Å². The van der Waals surface area contributed by atoms with Crippen molar-refractivity contribution in [1.82, 2.24) is 5.32 Å². The van der Waals surface area contributed by atoms with Crippen LogP contribution in [0.5, 0.6) is 0 Å². The van der Waals surface area contributed by atoms with Crippen LogP contribution in [0.15, 0.2) is 48.5 Å². The van der Waals surface area contributed by atoms with Crippen molar-refractivity contribution < 1.29 is 9.18 Å². The maximum atomic E-state index is 13.1. The molecule has 1 saturated heterocycles. The number of benzene rings is 2. The first kappa shape index (κ1) is 14.7. The summed E-state index contributed by atoms with van der Waals surface area (Å²) < 4.78 is 13.1. The van der Waals surface area contributed by atoms with Crippen molar-refractivity contribution in [3.05, 3.63) is 65.5 Å². The zero-order chi connectivity index (χ0) is 15.4. The smallest absolute Gasteiger partial charge is 0.255 e. The van der Waals surface area contributed by atoms with E-state index in [1.54, 1.807) is 12.1 Å². The van der Waals surface area contributed by atoms with Crippen molar-refractivity contribution in [3.8, 4) is 0 Å². The van der Waals surface area contributed by atoms with Crippen LogP contribution in [0, 0.1) is 5.82 Å². The van der Waals surface area contributed by atoms with Crippen molar-refractivity contribution in [2.24, 2.45) is 0 Å². The predicted molar refractivity (Wildman–Crippen MR) is 85.6 cm³/mol. The molecule has 1 fully saturated rings. The lowest BCUT2D eigenvalue weighted by Gasteiger charge is -2.23. The van der Waals surface area contributed by atoms with Crippen molar-refractivity contribution >= 4 is 11.6 Å². The number of hydrogen-bond acceptors (Lipinski definition) is 2. The van der Waals surface area contributed by atoms with Crippen molar-refractivity contribution in [2.45, 2.75) is 18.8 Å². The number of piperidine rings is 1. The largest absolute Gasteiger partial charge is 0.322 e. The minimum Gasteiger partial charge on any atom is -0.322 e. The number of anilines is 1. The van der Waals surface area contributed by atoms with E-state index in [9.17, 15) is 9.18 Å². The van der Waals surface area contributed by atoms with Gasteiger partial charge in [0.1, 0.15) is 5.82 Å². The van der Waals surface area contributed by atoms with Crippen LogP contribution in [0.1, 0.15) is 34.7 Å². The van der Waals surface area contributed by atoms with Gasteiger partial charge in [-0.05, 0) is 67.7 Å². The van der Waals surface area contributed by atoms with Crippen LogP contribution >= 0.6 is 0 Å². The molecule has 1 aliphatic heterocycles. The topological polar surface area (TPSA) is 41.1 Å². The molecule has 0 aliphatic carbocycles. The molecule has 4 heteroatoms. The van der Waals surface area contributed by atoms with Crippen LogP contribution in [0.4, 0.5) is 10.1 Å². The van der Waals surface area contributed by atoms with E-state index in [1.807, 2.05) is 24.3 Å². The summed E-state index contributed by atoms with van der Waals surface area (Å²) in [6, 6.07) is 13.6. The number of rotatable bonds is 3. The second kappa shape index (κ2) is 6.71. The van der Waals surface area contributed by atoms with E-state index in [0.717, 1.165) is 25.9 Å². The normalized spacial score (nSPS) is 15.5. The summed E-state index contributed by atoms with van der Waals surface area (Å²) in [6.07, 6.45) is 2.27. The van der Waals surface area contributed by atoms with E-state index in [1.165, 1.54) is 17.7 Å². The Labute approximate surface area is 129 Å². The Kier molecular flexibility index (Phi) is 4.49. The Morgan fingerprint density at radius 1 is 1.09 bits per heavy atom.